The highest BCUT2D eigenvalue weighted by molar-refractivity contribution is 9.10. The molecule has 0 saturated heterocycles. The van der Waals surface area contributed by atoms with Gasteiger partial charge in [-0.3, -0.25) is 0 Å². The first kappa shape index (κ1) is 12.0. The number of rotatable bonds is 3. The van der Waals surface area contributed by atoms with Gasteiger partial charge < -0.3 is 10.6 Å². The third kappa shape index (κ3) is 3.55. The van der Waals surface area contributed by atoms with Crippen molar-refractivity contribution in [1.82, 2.24) is 4.90 Å². The van der Waals surface area contributed by atoms with Crippen molar-refractivity contribution < 1.29 is 4.79 Å². The van der Waals surface area contributed by atoms with Gasteiger partial charge in [-0.15, -0.1) is 0 Å². The van der Waals surface area contributed by atoms with Gasteiger partial charge in [0.1, 0.15) is 0 Å². The number of amides is 2. The fraction of sp³-hybridized carbons (Fsp3) is 0.364. The Kier molecular flexibility index (Phi) is 4.15. The number of likely N-dealkylation sites (N-methyl/N-ethyl adjacent to an activating group) is 1. The molecule has 4 heteroatoms. The van der Waals surface area contributed by atoms with Crippen LogP contribution in [-0.4, -0.2) is 24.5 Å². The number of hydrogen-bond donors (Lipinski definition) is 1. The minimum atomic E-state index is -0.386. The predicted molar refractivity (Wildman–Crippen MR) is 64.8 cm³/mol. The van der Waals surface area contributed by atoms with Crippen molar-refractivity contribution in [2.24, 2.45) is 5.73 Å². The standard InChI is InChI=1S/C11H15BrN2O/c1-8-3-4-10(12)7-9(8)5-6-14(2)11(13)15/h3-4,7H,5-6H2,1-2H3,(H2,13,15). The van der Waals surface area contributed by atoms with Crippen molar-refractivity contribution in [2.75, 3.05) is 13.6 Å². The lowest BCUT2D eigenvalue weighted by molar-refractivity contribution is 0.219. The van der Waals surface area contributed by atoms with E-state index in [4.69, 9.17) is 5.73 Å². The van der Waals surface area contributed by atoms with Gasteiger partial charge in [-0.25, -0.2) is 4.79 Å². The van der Waals surface area contributed by atoms with E-state index in [1.165, 1.54) is 16.0 Å². The summed E-state index contributed by atoms with van der Waals surface area (Å²) in [6, 6.07) is 5.76. The molecule has 2 amide bonds. The van der Waals surface area contributed by atoms with Gasteiger partial charge in [-0.05, 0) is 36.6 Å². The van der Waals surface area contributed by atoms with Crippen molar-refractivity contribution >= 4 is 22.0 Å². The topological polar surface area (TPSA) is 46.3 Å². The average molecular weight is 271 g/mol. The zero-order valence-electron chi connectivity index (χ0n) is 8.96. The maximum atomic E-state index is 10.8. The van der Waals surface area contributed by atoms with E-state index in [2.05, 4.69) is 35.0 Å². The Morgan fingerprint density at radius 1 is 1.53 bits per heavy atom. The van der Waals surface area contributed by atoms with Gasteiger partial charge in [-0.1, -0.05) is 22.0 Å². The molecular formula is C11H15BrN2O. The van der Waals surface area contributed by atoms with Crippen LogP contribution in [0.2, 0.25) is 0 Å². The van der Waals surface area contributed by atoms with Crippen molar-refractivity contribution in [3.8, 4) is 0 Å². The summed E-state index contributed by atoms with van der Waals surface area (Å²) >= 11 is 3.43. The lowest BCUT2D eigenvalue weighted by Gasteiger charge is -2.14. The second-order valence-electron chi connectivity index (χ2n) is 3.58. The van der Waals surface area contributed by atoms with Gasteiger partial charge >= 0.3 is 6.03 Å². The van der Waals surface area contributed by atoms with Crippen LogP contribution in [-0.2, 0) is 6.42 Å². The predicted octanol–water partition coefficient (Wildman–Crippen LogP) is 2.31. The Morgan fingerprint density at radius 3 is 2.80 bits per heavy atom. The monoisotopic (exact) mass is 270 g/mol. The second kappa shape index (κ2) is 5.16. The van der Waals surface area contributed by atoms with Crippen molar-refractivity contribution in [3.05, 3.63) is 33.8 Å². The molecule has 0 radical (unpaired) electrons. The summed E-state index contributed by atoms with van der Waals surface area (Å²) in [7, 11) is 1.70. The van der Waals surface area contributed by atoms with E-state index in [9.17, 15) is 4.79 Å². The molecule has 2 N–H and O–H groups in total. The fourth-order valence-electron chi connectivity index (χ4n) is 1.31. The van der Waals surface area contributed by atoms with Crippen LogP contribution in [0, 0.1) is 6.92 Å². The fourth-order valence-corrected chi connectivity index (χ4v) is 1.72. The molecule has 0 bridgehead atoms. The number of hydrogen-bond acceptors (Lipinski definition) is 1. The first-order valence-electron chi connectivity index (χ1n) is 4.76. The van der Waals surface area contributed by atoms with E-state index in [1.807, 2.05) is 6.07 Å². The van der Waals surface area contributed by atoms with E-state index >= 15 is 0 Å². The number of nitrogens with two attached hydrogens (primary N) is 1. The minimum Gasteiger partial charge on any atom is -0.351 e. The van der Waals surface area contributed by atoms with Crippen LogP contribution < -0.4 is 5.73 Å². The lowest BCUT2D eigenvalue weighted by atomic mass is 10.1. The zero-order chi connectivity index (χ0) is 11.4. The summed E-state index contributed by atoms with van der Waals surface area (Å²) < 4.78 is 1.06. The highest BCUT2D eigenvalue weighted by Gasteiger charge is 2.05. The average Bonchev–Trinajstić information content (AvgIpc) is 2.18. The molecule has 0 atom stereocenters. The summed E-state index contributed by atoms with van der Waals surface area (Å²) in [5, 5.41) is 0. The first-order valence-corrected chi connectivity index (χ1v) is 5.55. The quantitative estimate of drug-likeness (QED) is 0.900. The molecule has 0 aromatic heterocycles. The number of halogens is 1. The Balaban J connectivity index is 2.65. The molecule has 1 aromatic carbocycles. The van der Waals surface area contributed by atoms with E-state index in [0.29, 0.717) is 6.54 Å². The molecule has 1 aromatic rings. The molecule has 0 aliphatic carbocycles. The van der Waals surface area contributed by atoms with Crippen LogP contribution in [0.5, 0.6) is 0 Å². The first-order chi connectivity index (χ1) is 7.00. The molecule has 82 valence electrons. The van der Waals surface area contributed by atoms with Crippen LogP contribution in [0.25, 0.3) is 0 Å². The van der Waals surface area contributed by atoms with Crippen molar-refractivity contribution in [3.63, 3.8) is 0 Å². The van der Waals surface area contributed by atoms with E-state index in [-0.39, 0.29) is 6.03 Å². The Morgan fingerprint density at radius 2 is 2.20 bits per heavy atom. The second-order valence-corrected chi connectivity index (χ2v) is 4.50. The molecular weight excluding hydrogens is 256 g/mol. The molecule has 0 aliphatic heterocycles. The highest BCUT2D eigenvalue weighted by atomic mass is 79.9. The van der Waals surface area contributed by atoms with Crippen LogP contribution in [0.1, 0.15) is 11.1 Å². The lowest BCUT2D eigenvalue weighted by Crippen LogP contribution is -2.33. The SMILES string of the molecule is Cc1ccc(Br)cc1CCN(C)C(N)=O. The Hall–Kier alpha value is -1.03. The van der Waals surface area contributed by atoms with E-state index < -0.39 is 0 Å². The van der Waals surface area contributed by atoms with Crippen LogP contribution in [0.3, 0.4) is 0 Å². The summed E-state index contributed by atoms with van der Waals surface area (Å²) in [5.41, 5.74) is 7.61. The maximum Gasteiger partial charge on any atom is 0.314 e. The summed E-state index contributed by atoms with van der Waals surface area (Å²) in [5.74, 6) is 0. The van der Waals surface area contributed by atoms with Gasteiger partial charge in [0.2, 0.25) is 0 Å². The number of carbonyl (C=O) groups is 1. The number of carbonyl (C=O) groups excluding carboxylic acids is 1. The normalized spacial score (nSPS) is 10.1. The van der Waals surface area contributed by atoms with Gasteiger partial charge in [-0.2, -0.15) is 0 Å². The Bertz CT molecular complexity index is 366. The molecule has 0 aliphatic rings. The molecule has 15 heavy (non-hydrogen) atoms. The summed E-state index contributed by atoms with van der Waals surface area (Å²) in [6.07, 6.45) is 0.824. The maximum absolute atomic E-state index is 10.8. The molecule has 3 nitrogen and oxygen atoms in total. The number of urea groups is 1. The Labute approximate surface area is 98.4 Å². The van der Waals surface area contributed by atoms with Gasteiger partial charge in [0.25, 0.3) is 0 Å². The van der Waals surface area contributed by atoms with Crippen molar-refractivity contribution in [1.29, 1.82) is 0 Å². The minimum absolute atomic E-state index is 0.386. The third-order valence-corrected chi connectivity index (χ3v) is 2.90. The van der Waals surface area contributed by atoms with E-state index in [1.54, 1.807) is 7.05 Å². The van der Waals surface area contributed by atoms with Gasteiger partial charge in [0.15, 0.2) is 0 Å². The number of primary amides is 1. The zero-order valence-corrected chi connectivity index (χ0v) is 10.5. The highest BCUT2D eigenvalue weighted by Crippen LogP contribution is 2.16. The molecule has 0 spiro atoms. The summed E-state index contributed by atoms with van der Waals surface area (Å²) in [4.78, 5) is 12.3. The molecule has 0 saturated carbocycles. The number of benzene rings is 1. The van der Waals surface area contributed by atoms with Crippen LogP contribution in [0.4, 0.5) is 4.79 Å². The molecule has 1 rings (SSSR count). The smallest absolute Gasteiger partial charge is 0.314 e. The van der Waals surface area contributed by atoms with Crippen molar-refractivity contribution in [2.45, 2.75) is 13.3 Å². The number of nitrogens with zero attached hydrogens (tertiary/aromatic N) is 1. The number of aryl methyl sites for hydroxylation is 1. The third-order valence-electron chi connectivity index (χ3n) is 2.40. The van der Waals surface area contributed by atoms with Crippen LogP contribution >= 0.6 is 15.9 Å². The molecule has 0 heterocycles. The van der Waals surface area contributed by atoms with Gasteiger partial charge in [0, 0.05) is 18.1 Å². The van der Waals surface area contributed by atoms with Gasteiger partial charge in [0.05, 0.1) is 0 Å². The molecule has 0 fully saturated rings. The van der Waals surface area contributed by atoms with E-state index in [0.717, 1.165) is 10.9 Å². The largest absolute Gasteiger partial charge is 0.351 e. The molecule has 0 unspecified atom stereocenters. The van der Waals surface area contributed by atoms with Crippen LogP contribution in [0.15, 0.2) is 22.7 Å². The summed E-state index contributed by atoms with van der Waals surface area (Å²) in [6.45, 7) is 2.71.